The second kappa shape index (κ2) is 6.57. The predicted molar refractivity (Wildman–Crippen MR) is 94.2 cm³/mol. The van der Waals surface area contributed by atoms with Crippen molar-refractivity contribution in [1.82, 2.24) is 30.0 Å². The molecule has 5 rings (SSSR count). The molecule has 7 heteroatoms. The lowest BCUT2D eigenvalue weighted by Gasteiger charge is -2.15. The Labute approximate surface area is 151 Å². The molecule has 2 aliphatic rings. The van der Waals surface area contributed by atoms with Crippen LogP contribution in [0.2, 0.25) is 0 Å². The normalized spacial score (nSPS) is 23.4. The molecule has 1 saturated heterocycles. The van der Waals surface area contributed by atoms with Gasteiger partial charge in [0, 0.05) is 50.3 Å². The van der Waals surface area contributed by atoms with Crippen molar-refractivity contribution < 1.29 is 4.52 Å². The van der Waals surface area contributed by atoms with Gasteiger partial charge in [0.15, 0.2) is 0 Å². The van der Waals surface area contributed by atoms with Crippen LogP contribution in [0.25, 0.3) is 11.5 Å². The quantitative estimate of drug-likeness (QED) is 0.701. The Morgan fingerprint density at radius 3 is 2.69 bits per heavy atom. The summed E-state index contributed by atoms with van der Waals surface area (Å²) in [7, 11) is 0. The monoisotopic (exact) mass is 348 g/mol. The molecule has 132 valence electrons. The summed E-state index contributed by atoms with van der Waals surface area (Å²) in [5.41, 5.74) is 1.86. The van der Waals surface area contributed by atoms with Crippen molar-refractivity contribution in [1.29, 1.82) is 0 Å². The van der Waals surface area contributed by atoms with Gasteiger partial charge in [-0.3, -0.25) is 9.97 Å². The number of nitrogens with zero attached hydrogens (tertiary/aromatic N) is 6. The van der Waals surface area contributed by atoms with Crippen LogP contribution in [0.4, 0.5) is 0 Å². The molecule has 2 atom stereocenters. The number of hydrogen-bond acceptors (Lipinski definition) is 7. The smallest absolute Gasteiger partial charge is 0.232 e. The summed E-state index contributed by atoms with van der Waals surface area (Å²) in [5.74, 6) is 2.53. The average Bonchev–Trinajstić information content (AvgIpc) is 3.20. The summed E-state index contributed by atoms with van der Waals surface area (Å²) in [6, 6.07) is 4.14. The maximum Gasteiger partial charge on any atom is 0.232 e. The van der Waals surface area contributed by atoms with Crippen molar-refractivity contribution in [2.24, 2.45) is 5.92 Å². The second-order valence-electron chi connectivity index (χ2n) is 7.21. The number of aromatic nitrogens is 5. The molecule has 7 nitrogen and oxygen atoms in total. The van der Waals surface area contributed by atoms with E-state index in [-0.39, 0.29) is 5.92 Å². The number of rotatable bonds is 5. The molecule has 26 heavy (non-hydrogen) atoms. The molecule has 0 radical (unpaired) electrons. The van der Waals surface area contributed by atoms with Gasteiger partial charge in [-0.05, 0) is 30.4 Å². The lowest BCUT2D eigenvalue weighted by molar-refractivity contribution is 0.305. The summed E-state index contributed by atoms with van der Waals surface area (Å²) >= 11 is 0. The van der Waals surface area contributed by atoms with Crippen LogP contribution in [0.1, 0.15) is 36.1 Å². The summed E-state index contributed by atoms with van der Waals surface area (Å²) in [5, 5.41) is 4.13. The summed E-state index contributed by atoms with van der Waals surface area (Å²) < 4.78 is 5.65. The van der Waals surface area contributed by atoms with Crippen molar-refractivity contribution in [2.45, 2.75) is 24.7 Å². The largest absolute Gasteiger partial charge is 0.339 e. The Bertz CT molecular complexity index is 864. The van der Waals surface area contributed by atoms with Crippen LogP contribution in [0, 0.1) is 5.92 Å². The summed E-state index contributed by atoms with van der Waals surface area (Å²) in [4.78, 5) is 19.8. The third kappa shape index (κ3) is 3.10. The van der Waals surface area contributed by atoms with Crippen LogP contribution < -0.4 is 0 Å². The first-order valence-corrected chi connectivity index (χ1v) is 9.09. The Balaban J connectivity index is 1.44. The number of pyridine rings is 1. The Morgan fingerprint density at radius 1 is 1.04 bits per heavy atom. The summed E-state index contributed by atoms with van der Waals surface area (Å²) in [6.07, 6.45) is 11.4. The van der Waals surface area contributed by atoms with Crippen molar-refractivity contribution >= 4 is 0 Å². The molecule has 4 heterocycles. The first-order chi connectivity index (χ1) is 12.9. The molecule has 1 saturated carbocycles. The van der Waals surface area contributed by atoms with E-state index in [4.69, 9.17) is 4.52 Å². The summed E-state index contributed by atoms with van der Waals surface area (Å²) in [6.45, 7) is 3.12. The lowest BCUT2D eigenvalue weighted by atomic mass is 9.90. The average molecular weight is 348 g/mol. The highest BCUT2D eigenvalue weighted by atomic mass is 16.5. The van der Waals surface area contributed by atoms with E-state index in [0.29, 0.717) is 23.3 Å². The van der Waals surface area contributed by atoms with Crippen molar-refractivity contribution in [2.75, 3.05) is 19.6 Å². The standard InChI is InChI=1S/C19H20N6O/c1-2-14(8-20-5-1)15-11-25(10-13-3-4-13)12-16(15)19-23-18(24-26-19)17-9-21-6-7-22-17/h1-2,5-9,13,15-16H,3-4,10-12H2/t15-,16+/m0/s1. The molecule has 1 aliphatic carbocycles. The van der Waals surface area contributed by atoms with Gasteiger partial charge < -0.3 is 9.42 Å². The van der Waals surface area contributed by atoms with Crippen LogP contribution in [-0.2, 0) is 0 Å². The van der Waals surface area contributed by atoms with Gasteiger partial charge >= 0.3 is 0 Å². The van der Waals surface area contributed by atoms with Crippen molar-refractivity contribution in [3.63, 3.8) is 0 Å². The first-order valence-electron chi connectivity index (χ1n) is 9.09. The zero-order valence-corrected chi connectivity index (χ0v) is 14.4. The fraction of sp³-hybridized carbons (Fsp3) is 0.421. The van der Waals surface area contributed by atoms with Crippen LogP contribution in [-0.4, -0.2) is 49.6 Å². The highest BCUT2D eigenvalue weighted by Crippen LogP contribution is 2.41. The fourth-order valence-corrected chi connectivity index (χ4v) is 3.79. The topological polar surface area (TPSA) is 80.8 Å². The van der Waals surface area contributed by atoms with Crippen LogP contribution in [0.5, 0.6) is 0 Å². The van der Waals surface area contributed by atoms with Crippen LogP contribution in [0.3, 0.4) is 0 Å². The van der Waals surface area contributed by atoms with Gasteiger partial charge in [-0.15, -0.1) is 0 Å². The van der Waals surface area contributed by atoms with E-state index >= 15 is 0 Å². The second-order valence-corrected chi connectivity index (χ2v) is 7.21. The van der Waals surface area contributed by atoms with Crippen LogP contribution >= 0.6 is 0 Å². The minimum atomic E-state index is 0.177. The van der Waals surface area contributed by atoms with Gasteiger partial charge in [-0.1, -0.05) is 11.2 Å². The highest BCUT2D eigenvalue weighted by Gasteiger charge is 2.40. The molecule has 0 N–H and O–H groups in total. The van der Waals surface area contributed by atoms with Crippen LogP contribution in [0.15, 0.2) is 47.6 Å². The SMILES string of the molecule is c1cncc([C@@H]2CN(CC3CC3)C[C@H]2c2nc(-c3cnccn3)no2)c1. The van der Waals surface area contributed by atoms with Gasteiger partial charge in [0.25, 0.3) is 0 Å². The predicted octanol–water partition coefficient (Wildman–Crippen LogP) is 2.51. The number of likely N-dealkylation sites (tertiary alicyclic amines) is 1. The van der Waals surface area contributed by atoms with E-state index < -0.39 is 0 Å². The molecule has 2 fully saturated rings. The Morgan fingerprint density at radius 2 is 1.92 bits per heavy atom. The maximum atomic E-state index is 5.65. The molecule has 0 aromatic carbocycles. The van der Waals surface area contributed by atoms with Gasteiger partial charge in [0.05, 0.1) is 12.1 Å². The van der Waals surface area contributed by atoms with Crippen molar-refractivity contribution in [3.8, 4) is 11.5 Å². The Kier molecular flexibility index (Phi) is 3.93. The van der Waals surface area contributed by atoms with Crippen molar-refractivity contribution in [3.05, 3.63) is 54.6 Å². The first kappa shape index (κ1) is 15.6. The molecular formula is C19H20N6O. The zero-order chi connectivity index (χ0) is 17.3. The van der Waals surface area contributed by atoms with E-state index in [1.165, 1.54) is 24.9 Å². The Hall–Kier alpha value is -2.67. The minimum Gasteiger partial charge on any atom is -0.339 e. The molecule has 3 aromatic heterocycles. The lowest BCUT2D eigenvalue weighted by Crippen LogP contribution is -2.23. The zero-order valence-electron chi connectivity index (χ0n) is 14.4. The molecule has 0 amide bonds. The third-order valence-electron chi connectivity index (χ3n) is 5.27. The van der Waals surface area contributed by atoms with Gasteiger partial charge in [-0.25, -0.2) is 4.98 Å². The molecule has 0 unspecified atom stereocenters. The fourth-order valence-electron chi connectivity index (χ4n) is 3.79. The number of hydrogen-bond donors (Lipinski definition) is 0. The molecule has 0 spiro atoms. The van der Waals surface area contributed by atoms with Gasteiger partial charge in [0.2, 0.25) is 11.7 Å². The van der Waals surface area contributed by atoms with E-state index in [9.17, 15) is 0 Å². The highest BCUT2D eigenvalue weighted by molar-refractivity contribution is 5.45. The molecule has 0 bridgehead atoms. The van der Waals surface area contributed by atoms with E-state index in [2.05, 4.69) is 36.1 Å². The van der Waals surface area contributed by atoms with E-state index in [1.54, 1.807) is 18.6 Å². The minimum absolute atomic E-state index is 0.177. The maximum absolute atomic E-state index is 5.65. The molecule has 1 aliphatic heterocycles. The molecule has 3 aromatic rings. The third-order valence-corrected chi connectivity index (χ3v) is 5.27. The van der Waals surface area contributed by atoms with Gasteiger partial charge in [0.1, 0.15) is 5.69 Å². The van der Waals surface area contributed by atoms with E-state index in [1.807, 2.05) is 18.5 Å². The molecular weight excluding hydrogens is 328 g/mol. The van der Waals surface area contributed by atoms with Gasteiger partial charge in [-0.2, -0.15) is 4.98 Å². The van der Waals surface area contributed by atoms with E-state index in [0.717, 1.165) is 19.0 Å².